The van der Waals surface area contributed by atoms with Gasteiger partial charge in [-0.15, -0.1) is 0 Å². The third kappa shape index (κ3) is 4.28. The van der Waals surface area contributed by atoms with Gasteiger partial charge in [0.25, 0.3) is 0 Å². The van der Waals surface area contributed by atoms with Crippen LogP contribution in [0.3, 0.4) is 0 Å². The van der Waals surface area contributed by atoms with Gasteiger partial charge in [0, 0.05) is 19.3 Å². The Morgan fingerprint density at radius 3 is 2.28 bits per heavy atom. The predicted octanol–water partition coefficient (Wildman–Crippen LogP) is 2.63. The largest absolute Gasteiger partial charge is 0.491 e. The minimum absolute atomic E-state index is 0.153. The molecule has 0 aliphatic heterocycles. The summed E-state index contributed by atoms with van der Waals surface area (Å²) in [6.07, 6.45) is 0.153. The van der Waals surface area contributed by atoms with E-state index in [1.165, 1.54) is 0 Å². The van der Waals surface area contributed by atoms with Crippen LogP contribution in [0.2, 0.25) is 0 Å². The van der Waals surface area contributed by atoms with Crippen molar-refractivity contribution in [2.75, 3.05) is 18.5 Å². The number of benzene rings is 1. The summed E-state index contributed by atoms with van der Waals surface area (Å²) in [5.41, 5.74) is 0.985. The molecule has 1 aromatic rings. The predicted molar refractivity (Wildman–Crippen MR) is 72.3 cm³/mol. The average molecular weight is 251 g/mol. The Morgan fingerprint density at radius 2 is 1.83 bits per heavy atom. The summed E-state index contributed by atoms with van der Waals surface area (Å²) < 4.78 is 5.56. The Labute approximate surface area is 108 Å². The molecule has 4 nitrogen and oxygen atoms in total. The first-order valence-corrected chi connectivity index (χ1v) is 6.10. The summed E-state index contributed by atoms with van der Waals surface area (Å²) in [6, 6.07) is 7.67. The van der Waals surface area contributed by atoms with Crippen LogP contribution >= 0.6 is 0 Å². The van der Waals surface area contributed by atoms with E-state index in [9.17, 15) is 4.79 Å². The minimum atomic E-state index is -0.776. The summed E-state index contributed by atoms with van der Waals surface area (Å²) in [5.74, 6) is -0.336. The molecule has 0 bridgehead atoms. The van der Waals surface area contributed by atoms with E-state index >= 15 is 0 Å². The smallest absolute Gasteiger partial charge is 0.308 e. The molecule has 1 aromatic carbocycles. The highest BCUT2D eigenvalue weighted by molar-refractivity contribution is 5.70. The van der Waals surface area contributed by atoms with E-state index in [-0.39, 0.29) is 12.0 Å². The zero-order valence-corrected chi connectivity index (χ0v) is 11.4. The second-order valence-electron chi connectivity index (χ2n) is 4.78. The summed E-state index contributed by atoms with van der Waals surface area (Å²) in [7, 11) is 1.89. The Bertz CT molecular complexity index is 387. The summed E-state index contributed by atoms with van der Waals surface area (Å²) in [5, 5.41) is 8.87. The molecule has 0 aliphatic rings. The second-order valence-corrected chi connectivity index (χ2v) is 4.78. The number of anilines is 1. The van der Waals surface area contributed by atoms with Crippen molar-refractivity contribution in [3.05, 3.63) is 24.3 Å². The lowest BCUT2D eigenvalue weighted by molar-refractivity contribution is -0.140. The lowest BCUT2D eigenvalue weighted by atomic mass is 10.1. The van der Waals surface area contributed by atoms with Crippen molar-refractivity contribution in [1.82, 2.24) is 0 Å². The maximum Gasteiger partial charge on any atom is 0.308 e. The number of hydrogen-bond acceptors (Lipinski definition) is 3. The van der Waals surface area contributed by atoms with Crippen molar-refractivity contribution in [2.45, 2.75) is 26.9 Å². The number of carboxylic acid groups (broad SMARTS) is 1. The Balaban J connectivity index is 2.64. The van der Waals surface area contributed by atoms with Gasteiger partial charge in [-0.2, -0.15) is 0 Å². The van der Waals surface area contributed by atoms with Gasteiger partial charge in [-0.25, -0.2) is 0 Å². The number of carboxylic acids is 1. The van der Waals surface area contributed by atoms with Gasteiger partial charge < -0.3 is 14.7 Å². The van der Waals surface area contributed by atoms with Crippen LogP contribution in [0.4, 0.5) is 5.69 Å². The molecule has 1 atom stereocenters. The van der Waals surface area contributed by atoms with E-state index in [1.807, 2.05) is 50.1 Å². The van der Waals surface area contributed by atoms with Crippen molar-refractivity contribution >= 4 is 11.7 Å². The van der Waals surface area contributed by atoms with E-state index in [0.717, 1.165) is 11.4 Å². The maximum atomic E-state index is 10.8. The zero-order valence-electron chi connectivity index (χ0n) is 11.4. The van der Waals surface area contributed by atoms with Crippen LogP contribution < -0.4 is 9.64 Å². The number of carbonyl (C=O) groups is 1. The van der Waals surface area contributed by atoms with E-state index in [1.54, 1.807) is 6.92 Å². The third-order valence-corrected chi connectivity index (χ3v) is 2.62. The molecule has 0 aromatic heterocycles. The van der Waals surface area contributed by atoms with Crippen LogP contribution in [0.15, 0.2) is 24.3 Å². The van der Waals surface area contributed by atoms with Crippen molar-refractivity contribution in [1.29, 1.82) is 0 Å². The molecule has 18 heavy (non-hydrogen) atoms. The minimum Gasteiger partial charge on any atom is -0.491 e. The summed E-state index contributed by atoms with van der Waals surface area (Å²) in [6.45, 7) is 6.15. The van der Waals surface area contributed by atoms with E-state index < -0.39 is 5.97 Å². The van der Waals surface area contributed by atoms with Gasteiger partial charge in [0.15, 0.2) is 0 Å². The molecule has 1 unspecified atom stereocenters. The first kappa shape index (κ1) is 14.4. The molecule has 0 amide bonds. The number of aliphatic carboxylic acids is 1. The van der Waals surface area contributed by atoms with Crippen LogP contribution in [0.1, 0.15) is 20.8 Å². The van der Waals surface area contributed by atoms with Crippen molar-refractivity contribution in [3.63, 3.8) is 0 Å². The molecule has 0 aliphatic carbocycles. The Kier molecular flexibility index (Phi) is 5.01. The van der Waals surface area contributed by atoms with Gasteiger partial charge in [0.1, 0.15) is 5.75 Å². The highest BCUT2D eigenvalue weighted by atomic mass is 16.5. The molecule has 1 N–H and O–H groups in total. The van der Waals surface area contributed by atoms with Crippen LogP contribution in [0.25, 0.3) is 0 Å². The first-order valence-electron chi connectivity index (χ1n) is 6.10. The molecule has 0 saturated carbocycles. The monoisotopic (exact) mass is 251 g/mol. The fraction of sp³-hybridized carbons (Fsp3) is 0.500. The Hall–Kier alpha value is -1.71. The van der Waals surface area contributed by atoms with Crippen molar-refractivity contribution in [3.8, 4) is 5.75 Å². The lowest BCUT2D eigenvalue weighted by Crippen LogP contribution is -2.28. The van der Waals surface area contributed by atoms with Gasteiger partial charge >= 0.3 is 5.97 Å². The van der Waals surface area contributed by atoms with E-state index in [0.29, 0.717) is 6.54 Å². The van der Waals surface area contributed by atoms with Gasteiger partial charge in [0.05, 0.1) is 12.0 Å². The van der Waals surface area contributed by atoms with Gasteiger partial charge in [-0.3, -0.25) is 4.79 Å². The topological polar surface area (TPSA) is 49.8 Å². The number of ether oxygens (including phenoxy) is 1. The quantitative estimate of drug-likeness (QED) is 0.844. The van der Waals surface area contributed by atoms with Crippen LogP contribution in [0, 0.1) is 5.92 Å². The molecule has 0 radical (unpaired) electrons. The maximum absolute atomic E-state index is 10.8. The number of hydrogen-bond donors (Lipinski definition) is 1. The molecule has 0 heterocycles. The summed E-state index contributed by atoms with van der Waals surface area (Å²) in [4.78, 5) is 12.7. The molecule has 1 rings (SSSR count). The van der Waals surface area contributed by atoms with E-state index in [4.69, 9.17) is 9.84 Å². The van der Waals surface area contributed by atoms with E-state index in [2.05, 4.69) is 0 Å². The fourth-order valence-electron chi connectivity index (χ4n) is 1.65. The third-order valence-electron chi connectivity index (χ3n) is 2.62. The van der Waals surface area contributed by atoms with Crippen molar-refractivity contribution in [2.24, 2.45) is 5.92 Å². The standard InChI is InChI=1S/C14H21NO3/c1-10(2)18-13-7-5-12(6-8-13)15(4)9-11(3)14(16)17/h5-8,10-11H,9H2,1-4H3,(H,16,17). The van der Waals surface area contributed by atoms with Gasteiger partial charge in [-0.05, 0) is 38.1 Å². The molecular formula is C14H21NO3. The van der Waals surface area contributed by atoms with Crippen LogP contribution in [0.5, 0.6) is 5.75 Å². The van der Waals surface area contributed by atoms with Gasteiger partial charge in [0.2, 0.25) is 0 Å². The highest BCUT2D eigenvalue weighted by Crippen LogP contribution is 2.20. The fourth-order valence-corrected chi connectivity index (χ4v) is 1.65. The first-order chi connectivity index (χ1) is 8.40. The molecule has 4 heteroatoms. The molecule has 0 spiro atoms. The van der Waals surface area contributed by atoms with Crippen LogP contribution in [-0.4, -0.2) is 30.8 Å². The number of rotatable bonds is 6. The molecular weight excluding hydrogens is 230 g/mol. The average Bonchev–Trinajstić information content (AvgIpc) is 2.28. The van der Waals surface area contributed by atoms with Gasteiger partial charge in [-0.1, -0.05) is 6.92 Å². The molecule has 0 fully saturated rings. The lowest BCUT2D eigenvalue weighted by Gasteiger charge is -2.22. The van der Waals surface area contributed by atoms with Crippen molar-refractivity contribution < 1.29 is 14.6 Å². The number of nitrogens with zero attached hydrogens (tertiary/aromatic N) is 1. The molecule has 100 valence electrons. The molecule has 0 saturated heterocycles. The normalized spacial score (nSPS) is 12.3. The summed E-state index contributed by atoms with van der Waals surface area (Å²) >= 11 is 0. The zero-order chi connectivity index (χ0) is 13.7. The highest BCUT2D eigenvalue weighted by Gasteiger charge is 2.13. The van der Waals surface area contributed by atoms with Crippen LogP contribution in [-0.2, 0) is 4.79 Å². The second kappa shape index (κ2) is 6.28. The Morgan fingerprint density at radius 1 is 1.28 bits per heavy atom. The SMILES string of the molecule is CC(C)Oc1ccc(N(C)CC(C)C(=O)O)cc1.